The predicted molar refractivity (Wildman–Crippen MR) is 130 cm³/mol. The highest BCUT2D eigenvalue weighted by molar-refractivity contribution is 5.86. The number of aliphatic hydroxyl groups is 2. The number of hydrogen-bond donors (Lipinski definition) is 2. The van der Waals surface area contributed by atoms with Crippen LogP contribution >= 0.6 is 0 Å². The van der Waals surface area contributed by atoms with Crippen LogP contribution in [0.15, 0.2) is 11.1 Å². The predicted octanol–water partition coefficient (Wildman–Crippen LogP) is 4.77. The van der Waals surface area contributed by atoms with Crippen LogP contribution in [0.2, 0.25) is 0 Å². The molecule has 0 aromatic rings. The number of hydrogen-bond acceptors (Lipinski definition) is 5. The molecule has 2 N–H and O–H groups in total. The first-order valence-corrected chi connectivity index (χ1v) is 13.6. The number of Topliss-reactive ketones (excluding diaryl/α,β-unsaturated/α-hetero) is 2. The Hall–Kier alpha value is -1.04. The molecule has 0 bridgehead atoms. The molecule has 0 amide bonds. The van der Waals surface area contributed by atoms with Crippen molar-refractivity contribution in [2.75, 3.05) is 6.61 Å². The average Bonchev–Trinajstić information content (AvgIpc) is 3.22. The summed E-state index contributed by atoms with van der Waals surface area (Å²) in [5, 5.41) is 21.4. The van der Waals surface area contributed by atoms with Crippen LogP contribution in [0.5, 0.6) is 0 Å². The van der Waals surface area contributed by atoms with Gasteiger partial charge in [-0.1, -0.05) is 52.7 Å². The van der Waals surface area contributed by atoms with E-state index in [-0.39, 0.29) is 46.3 Å². The van der Waals surface area contributed by atoms with E-state index in [1.165, 1.54) is 0 Å². The minimum absolute atomic E-state index is 0.00678. The lowest BCUT2D eigenvalue weighted by atomic mass is 9.43. The summed E-state index contributed by atoms with van der Waals surface area (Å²) in [6, 6.07) is 0. The van der Waals surface area contributed by atoms with Gasteiger partial charge in [-0.25, -0.2) is 0 Å². The van der Waals surface area contributed by atoms with Crippen molar-refractivity contribution in [2.45, 2.75) is 117 Å². The number of carbonyl (C=O) groups is 2. The van der Waals surface area contributed by atoms with E-state index >= 15 is 0 Å². The van der Waals surface area contributed by atoms with Gasteiger partial charge in [-0.05, 0) is 61.7 Å². The molecular weight excluding hydrogens is 428 g/mol. The van der Waals surface area contributed by atoms with Gasteiger partial charge in [0.15, 0.2) is 5.78 Å². The van der Waals surface area contributed by atoms with E-state index in [1.54, 1.807) is 11.1 Å². The summed E-state index contributed by atoms with van der Waals surface area (Å²) in [5.41, 5.74) is 1.70. The van der Waals surface area contributed by atoms with Crippen molar-refractivity contribution < 1.29 is 24.5 Å². The fraction of sp³-hybridized carbons (Fsp3) is 0.862. The van der Waals surface area contributed by atoms with Gasteiger partial charge in [-0.2, -0.15) is 0 Å². The summed E-state index contributed by atoms with van der Waals surface area (Å²) in [5.74, 6) is 0.330. The van der Waals surface area contributed by atoms with Crippen LogP contribution in [-0.4, -0.2) is 46.2 Å². The lowest BCUT2D eigenvalue weighted by Gasteiger charge is -2.62. The Balaban J connectivity index is 1.58. The maximum atomic E-state index is 12.9. The Bertz CT molecular complexity index is 954. The van der Waals surface area contributed by atoms with Crippen molar-refractivity contribution in [1.29, 1.82) is 0 Å². The van der Waals surface area contributed by atoms with Crippen molar-refractivity contribution in [3.8, 4) is 0 Å². The van der Waals surface area contributed by atoms with Gasteiger partial charge in [-0.3, -0.25) is 9.59 Å². The zero-order valence-electron chi connectivity index (χ0n) is 22.0. The molecule has 0 aromatic heterocycles. The first kappa shape index (κ1) is 24.6. The third-order valence-corrected chi connectivity index (χ3v) is 12.4. The topological polar surface area (TPSA) is 83.8 Å². The smallest absolute Gasteiger partial charge is 0.163 e. The molecule has 3 fully saturated rings. The van der Waals surface area contributed by atoms with Crippen LogP contribution in [0, 0.1) is 33.5 Å². The summed E-state index contributed by atoms with van der Waals surface area (Å²) in [4.78, 5) is 25.6. The van der Waals surface area contributed by atoms with Gasteiger partial charge in [0.25, 0.3) is 0 Å². The normalized spacial score (nSPS) is 52.5. The van der Waals surface area contributed by atoms with Gasteiger partial charge >= 0.3 is 0 Å². The van der Waals surface area contributed by atoms with Crippen LogP contribution in [0.1, 0.15) is 99.3 Å². The standard InChI is InChI=1S/C29H44O5/c1-7-20(31)24-23(33)17(2)29(34-24)15-14-27(5)19-8-9-21-25(3,18(19)10-13-28(27,29)6)12-11-22(32)26(21,4)16-30/h17,21,23-24,30,33H,7-16H2,1-6H3. The highest BCUT2D eigenvalue weighted by Gasteiger charge is 2.73. The molecule has 1 saturated heterocycles. The fourth-order valence-corrected chi connectivity index (χ4v) is 9.88. The molecule has 190 valence electrons. The highest BCUT2D eigenvalue weighted by Crippen LogP contribution is 2.75. The number of fused-ring (bicyclic) bond motifs is 5. The molecule has 9 atom stereocenters. The molecule has 5 rings (SSSR count). The van der Waals surface area contributed by atoms with Crippen molar-refractivity contribution in [2.24, 2.45) is 33.5 Å². The fourth-order valence-electron chi connectivity index (χ4n) is 9.88. The Morgan fingerprint density at radius 1 is 1.03 bits per heavy atom. The van der Waals surface area contributed by atoms with Crippen LogP contribution in [0.4, 0.5) is 0 Å². The number of carbonyl (C=O) groups excluding carboxylic acids is 2. The number of allylic oxidation sites excluding steroid dienone is 2. The van der Waals surface area contributed by atoms with E-state index in [4.69, 9.17) is 4.74 Å². The van der Waals surface area contributed by atoms with Crippen molar-refractivity contribution in [3.05, 3.63) is 11.1 Å². The van der Waals surface area contributed by atoms with Gasteiger partial charge in [-0.15, -0.1) is 0 Å². The minimum Gasteiger partial charge on any atom is -0.395 e. The number of aliphatic hydroxyl groups excluding tert-OH is 2. The van der Waals surface area contributed by atoms with E-state index in [0.717, 1.165) is 44.9 Å². The zero-order chi connectivity index (χ0) is 24.9. The van der Waals surface area contributed by atoms with E-state index < -0.39 is 23.2 Å². The third kappa shape index (κ3) is 2.62. The van der Waals surface area contributed by atoms with Crippen LogP contribution in [0.25, 0.3) is 0 Å². The SMILES string of the molecule is CCC(=O)C1OC2(CCC3(C)C4=C(CCC32C)C2(C)CCC(=O)C(C)(CO)C2CC4)C(C)C1O. The third-order valence-electron chi connectivity index (χ3n) is 12.4. The van der Waals surface area contributed by atoms with E-state index in [9.17, 15) is 19.8 Å². The van der Waals surface area contributed by atoms with Gasteiger partial charge < -0.3 is 14.9 Å². The second-order valence-electron chi connectivity index (χ2n) is 13.2. The molecule has 1 aliphatic heterocycles. The molecule has 0 radical (unpaired) electrons. The number of ketones is 2. The van der Waals surface area contributed by atoms with Gasteiger partial charge in [0.2, 0.25) is 0 Å². The molecule has 5 aliphatic rings. The maximum absolute atomic E-state index is 12.9. The van der Waals surface area contributed by atoms with Gasteiger partial charge in [0.05, 0.1) is 23.7 Å². The van der Waals surface area contributed by atoms with Gasteiger partial charge in [0.1, 0.15) is 11.9 Å². The van der Waals surface area contributed by atoms with E-state index in [1.807, 2.05) is 13.8 Å². The second kappa shape index (κ2) is 7.49. The van der Waals surface area contributed by atoms with Crippen LogP contribution in [-0.2, 0) is 14.3 Å². The van der Waals surface area contributed by atoms with E-state index in [0.29, 0.717) is 12.8 Å². The summed E-state index contributed by atoms with van der Waals surface area (Å²) < 4.78 is 6.70. The van der Waals surface area contributed by atoms with Crippen LogP contribution < -0.4 is 0 Å². The molecule has 5 nitrogen and oxygen atoms in total. The number of ether oxygens (including phenoxy) is 1. The lowest BCUT2D eigenvalue weighted by Crippen LogP contribution is -2.58. The van der Waals surface area contributed by atoms with Gasteiger partial charge in [0, 0.05) is 24.2 Å². The molecule has 0 aromatic carbocycles. The summed E-state index contributed by atoms with van der Waals surface area (Å²) in [6.45, 7) is 13.0. The summed E-state index contributed by atoms with van der Waals surface area (Å²) >= 11 is 0. The molecule has 1 spiro atoms. The molecular formula is C29H44O5. The monoisotopic (exact) mass is 472 g/mol. The Morgan fingerprint density at radius 2 is 1.74 bits per heavy atom. The zero-order valence-corrected chi connectivity index (χ0v) is 22.0. The van der Waals surface area contributed by atoms with E-state index in [2.05, 4.69) is 27.7 Å². The molecule has 5 heteroatoms. The second-order valence-corrected chi connectivity index (χ2v) is 13.2. The largest absolute Gasteiger partial charge is 0.395 e. The molecule has 2 saturated carbocycles. The van der Waals surface area contributed by atoms with Crippen molar-refractivity contribution >= 4 is 11.6 Å². The average molecular weight is 473 g/mol. The Labute approximate surface area is 204 Å². The first-order valence-electron chi connectivity index (χ1n) is 13.6. The summed E-state index contributed by atoms with van der Waals surface area (Å²) in [6.07, 6.45) is 6.08. The summed E-state index contributed by atoms with van der Waals surface area (Å²) in [7, 11) is 0. The number of rotatable bonds is 3. The Kier molecular flexibility index (Phi) is 5.43. The maximum Gasteiger partial charge on any atom is 0.163 e. The van der Waals surface area contributed by atoms with Crippen LogP contribution in [0.3, 0.4) is 0 Å². The molecule has 34 heavy (non-hydrogen) atoms. The Morgan fingerprint density at radius 3 is 2.38 bits per heavy atom. The molecule has 9 unspecified atom stereocenters. The highest BCUT2D eigenvalue weighted by atomic mass is 16.5. The molecule has 1 heterocycles. The molecule has 4 aliphatic carbocycles. The quantitative estimate of drug-likeness (QED) is 0.578. The van der Waals surface area contributed by atoms with Crippen molar-refractivity contribution in [1.82, 2.24) is 0 Å². The minimum atomic E-state index is -0.745. The van der Waals surface area contributed by atoms with Crippen molar-refractivity contribution in [3.63, 3.8) is 0 Å². The lowest BCUT2D eigenvalue weighted by molar-refractivity contribution is -0.163. The first-order chi connectivity index (χ1) is 15.9.